The third-order valence-corrected chi connectivity index (χ3v) is 3.56. The smallest absolute Gasteiger partial charge is 0.224 e. The van der Waals surface area contributed by atoms with Gasteiger partial charge in [0, 0.05) is 17.6 Å². The first kappa shape index (κ1) is 14.8. The Morgan fingerprint density at radius 3 is 2.55 bits per heavy atom. The van der Waals surface area contributed by atoms with Gasteiger partial charge in [-0.1, -0.05) is 52.3 Å². The Morgan fingerprint density at radius 1 is 1.10 bits per heavy atom. The van der Waals surface area contributed by atoms with Gasteiger partial charge in [0.1, 0.15) is 0 Å². The van der Waals surface area contributed by atoms with Crippen LogP contribution in [0.2, 0.25) is 0 Å². The zero-order valence-corrected chi connectivity index (χ0v) is 12.7. The van der Waals surface area contributed by atoms with Crippen LogP contribution in [0.3, 0.4) is 0 Å². The van der Waals surface area contributed by atoms with Crippen LogP contribution in [0, 0.1) is 0 Å². The van der Waals surface area contributed by atoms with E-state index >= 15 is 0 Å². The summed E-state index contributed by atoms with van der Waals surface area (Å²) in [5.41, 5.74) is 8.75. The van der Waals surface area contributed by atoms with Crippen molar-refractivity contribution in [3.8, 4) is 0 Å². The van der Waals surface area contributed by atoms with Crippen LogP contribution in [0.5, 0.6) is 0 Å². The predicted molar refractivity (Wildman–Crippen MR) is 84.0 cm³/mol. The molecule has 2 aromatic carbocycles. The minimum absolute atomic E-state index is 0.00544. The lowest BCUT2D eigenvalue weighted by Gasteiger charge is -2.09. The highest BCUT2D eigenvalue weighted by Crippen LogP contribution is 2.12. The van der Waals surface area contributed by atoms with Gasteiger partial charge in [-0.2, -0.15) is 0 Å². The van der Waals surface area contributed by atoms with Crippen molar-refractivity contribution in [3.05, 3.63) is 69.7 Å². The molecule has 0 fully saturated rings. The summed E-state index contributed by atoms with van der Waals surface area (Å²) < 4.78 is 1.01. The molecule has 0 spiro atoms. The zero-order chi connectivity index (χ0) is 14.4. The molecule has 2 aromatic rings. The Balaban J connectivity index is 1.93. The van der Waals surface area contributed by atoms with Crippen LogP contribution >= 0.6 is 15.9 Å². The first-order valence-corrected chi connectivity index (χ1v) is 7.26. The lowest BCUT2D eigenvalue weighted by Crippen LogP contribution is -2.25. The van der Waals surface area contributed by atoms with E-state index in [1.165, 1.54) is 0 Å². The molecule has 104 valence electrons. The summed E-state index contributed by atoms with van der Waals surface area (Å²) in [6, 6.07) is 15.7. The summed E-state index contributed by atoms with van der Waals surface area (Å²) in [6.07, 6.45) is 0.362. The van der Waals surface area contributed by atoms with Crippen molar-refractivity contribution in [2.24, 2.45) is 5.73 Å². The van der Waals surface area contributed by atoms with Gasteiger partial charge in [-0.25, -0.2) is 0 Å². The van der Waals surface area contributed by atoms with Crippen LogP contribution in [0.25, 0.3) is 0 Å². The maximum atomic E-state index is 12.0. The van der Waals surface area contributed by atoms with Crippen molar-refractivity contribution in [2.45, 2.75) is 19.5 Å². The molecule has 3 N–H and O–H groups in total. The number of amides is 1. The minimum atomic E-state index is 0.00544. The second kappa shape index (κ2) is 7.22. The number of carbonyl (C=O) groups is 1. The van der Waals surface area contributed by atoms with Crippen molar-refractivity contribution in [2.75, 3.05) is 0 Å². The molecule has 3 nitrogen and oxygen atoms in total. The molecule has 0 aliphatic carbocycles. The van der Waals surface area contributed by atoms with Crippen LogP contribution in [0.1, 0.15) is 16.7 Å². The number of benzene rings is 2. The van der Waals surface area contributed by atoms with E-state index in [1.54, 1.807) is 0 Å². The largest absolute Gasteiger partial charge is 0.352 e. The van der Waals surface area contributed by atoms with Gasteiger partial charge in [-0.15, -0.1) is 0 Å². The minimum Gasteiger partial charge on any atom is -0.352 e. The maximum Gasteiger partial charge on any atom is 0.224 e. The highest BCUT2D eigenvalue weighted by Gasteiger charge is 2.06. The molecule has 0 aromatic heterocycles. The van der Waals surface area contributed by atoms with Gasteiger partial charge in [-0.3, -0.25) is 4.79 Å². The third kappa shape index (κ3) is 4.18. The molecule has 0 saturated heterocycles. The van der Waals surface area contributed by atoms with E-state index in [4.69, 9.17) is 5.73 Å². The first-order valence-electron chi connectivity index (χ1n) is 6.47. The molecule has 4 heteroatoms. The van der Waals surface area contributed by atoms with Crippen LogP contribution in [-0.2, 0) is 24.3 Å². The average molecular weight is 333 g/mol. The SMILES string of the molecule is NCc1ccccc1CC(=O)NCc1cccc(Br)c1. The molecule has 2 rings (SSSR count). The fourth-order valence-electron chi connectivity index (χ4n) is 2.01. The second-order valence-corrected chi connectivity index (χ2v) is 5.47. The summed E-state index contributed by atoms with van der Waals surface area (Å²) in [5, 5.41) is 2.93. The van der Waals surface area contributed by atoms with Crippen molar-refractivity contribution in [1.82, 2.24) is 5.32 Å². The lowest BCUT2D eigenvalue weighted by molar-refractivity contribution is -0.120. The van der Waals surface area contributed by atoms with Crippen LogP contribution in [0.15, 0.2) is 53.0 Å². The van der Waals surface area contributed by atoms with Gasteiger partial charge in [0.15, 0.2) is 0 Å². The number of hydrogen-bond acceptors (Lipinski definition) is 2. The van der Waals surface area contributed by atoms with Gasteiger partial charge in [0.2, 0.25) is 5.91 Å². The van der Waals surface area contributed by atoms with Crippen molar-refractivity contribution in [1.29, 1.82) is 0 Å². The summed E-state index contributed by atoms with van der Waals surface area (Å²) in [5.74, 6) is 0.00544. The topological polar surface area (TPSA) is 55.1 Å². The number of nitrogens with two attached hydrogens (primary N) is 1. The highest BCUT2D eigenvalue weighted by molar-refractivity contribution is 9.10. The standard InChI is InChI=1S/C16H17BrN2O/c17-15-7-3-4-12(8-15)11-19-16(20)9-13-5-1-2-6-14(13)10-18/h1-8H,9-11,18H2,(H,19,20). The summed E-state index contributed by atoms with van der Waals surface area (Å²) in [4.78, 5) is 12.0. The normalized spacial score (nSPS) is 10.3. The molecule has 0 radical (unpaired) electrons. The van der Waals surface area contributed by atoms with Crippen LogP contribution in [-0.4, -0.2) is 5.91 Å². The first-order chi connectivity index (χ1) is 9.69. The third-order valence-electron chi connectivity index (χ3n) is 3.07. The van der Waals surface area contributed by atoms with Crippen molar-refractivity contribution in [3.63, 3.8) is 0 Å². The number of hydrogen-bond donors (Lipinski definition) is 2. The number of rotatable bonds is 5. The summed E-state index contributed by atoms with van der Waals surface area (Å²) in [6.45, 7) is 0.984. The van der Waals surface area contributed by atoms with Crippen molar-refractivity contribution < 1.29 is 4.79 Å². The molecule has 20 heavy (non-hydrogen) atoms. The zero-order valence-electron chi connectivity index (χ0n) is 11.1. The molecule has 0 heterocycles. The Kier molecular flexibility index (Phi) is 5.32. The van der Waals surface area contributed by atoms with Gasteiger partial charge in [0.25, 0.3) is 0 Å². The van der Waals surface area contributed by atoms with E-state index in [1.807, 2.05) is 48.5 Å². The number of halogens is 1. The number of nitrogens with one attached hydrogen (secondary N) is 1. The number of carbonyl (C=O) groups excluding carboxylic acids is 1. The molecule has 0 unspecified atom stereocenters. The fraction of sp³-hybridized carbons (Fsp3) is 0.188. The van der Waals surface area contributed by atoms with E-state index in [0.29, 0.717) is 19.5 Å². The average Bonchev–Trinajstić information content (AvgIpc) is 2.46. The lowest BCUT2D eigenvalue weighted by atomic mass is 10.0. The van der Waals surface area contributed by atoms with Gasteiger partial charge >= 0.3 is 0 Å². The van der Waals surface area contributed by atoms with Gasteiger partial charge in [0.05, 0.1) is 6.42 Å². The maximum absolute atomic E-state index is 12.0. The van der Waals surface area contributed by atoms with Crippen LogP contribution < -0.4 is 11.1 Å². The van der Waals surface area contributed by atoms with Gasteiger partial charge < -0.3 is 11.1 Å². The Hall–Kier alpha value is -1.65. The summed E-state index contributed by atoms with van der Waals surface area (Å²) >= 11 is 3.42. The Bertz CT molecular complexity index is 599. The quantitative estimate of drug-likeness (QED) is 0.884. The molecule has 0 aliphatic rings. The second-order valence-electron chi connectivity index (χ2n) is 4.56. The predicted octanol–water partition coefficient (Wildman–Crippen LogP) is 2.77. The molecular formula is C16H17BrN2O. The van der Waals surface area contributed by atoms with E-state index in [0.717, 1.165) is 21.2 Å². The molecule has 0 aliphatic heterocycles. The van der Waals surface area contributed by atoms with E-state index in [2.05, 4.69) is 21.2 Å². The molecule has 0 saturated carbocycles. The Morgan fingerprint density at radius 2 is 1.85 bits per heavy atom. The van der Waals surface area contributed by atoms with E-state index in [-0.39, 0.29) is 5.91 Å². The summed E-state index contributed by atoms with van der Waals surface area (Å²) in [7, 11) is 0. The Labute approximate surface area is 127 Å². The fourth-order valence-corrected chi connectivity index (χ4v) is 2.46. The van der Waals surface area contributed by atoms with E-state index in [9.17, 15) is 4.79 Å². The molecule has 1 amide bonds. The van der Waals surface area contributed by atoms with Crippen LogP contribution in [0.4, 0.5) is 0 Å². The highest BCUT2D eigenvalue weighted by atomic mass is 79.9. The van der Waals surface area contributed by atoms with Crippen molar-refractivity contribution >= 4 is 21.8 Å². The monoisotopic (exact) mass is 332 g/mol. The molecule has 0 bridgehead atoms. The van der Waals surface area contributed by atoms with Gasteiger partial charge in [-0.05, 0) is 28.8 Å². The molecule has 0 atom stereocenters. The van der Waals surface area contributed by atoms with E-state index < -0.39 is 0 Å². The molecular weight excluding hydrogens is 316 g/mol.